The van der Waals surface area contributed by atoms with E-state index >= 15 is 0 Å². The third-order valence-electron chi connectivity index (χ3n) is 3.74. The van der Waals surface area contributed by atoms with Crippen molar-refractivity contribution in [3.05, 3.63) is 65.2 Å². The molecule has 0 radical (unpaired) electrons. The van der Waals surface area contributed by atoms with Crippen LogP contribution in [-0.4, -0.2) is 11.5 Å². The van der Waals surface area contributed by atoms with Gasteiger partial charge in [0, 0.05) is 12.2 Å². The summed E-state index contributed by atoms with van der Waals surface area (Å²) < 4.78 is 1.27. The zero-order valence-electron chi connectivity index (χ0n) is 12.3. The molecule has 0 aliphatic carbocycles. The molecule has 0 aliphatic heterocycles. The highest BCUT2D eigenvalue weighted by atomic mass is 32.1. The van der Waals surface area contributed by atoms with Crippen molar-refractivity contribution in [2.24, 2.45) is 0 Å². The lowest BCUT2D eigenvalue weighted by molar-refractivity contribution is 0.515. The molecule has 0 bridgehead atoms. The second-order valence-corrected chi connectivity index (χ2v) is 6.15. The average molecular weight is 296 g/mol. The number of hydrogen-bond donors (Lipinski definition) is 1. The Balaban J connectivity index is 1.76. The summed E-state index contributed by atoms with van der Waals surface area (Å²) in [6.07, 6.45) is 4.20. The predicted octanol–water partition coefficient (Wildman–Crippen LogP) is 4.58. The topological polar surface area (TPSA) is 24.9 Å². The molecule has 0 fully saturated rings. The normalized spacial score (nSPS) is 12.6. The summed E-state index contributed by atoms with van der Waals surface area (Å²) >= 11 is 1.76. The Kier molecular flexibility index (Phi) is 4.63. The van der Waals surface area contributed by atoms with E-state index in [9.17, 15) is 0 Å². The van der Waals surface area contributed by atoms with Crippen molar-refractivity contribution in [2.45, 2.75) is 25.8 Å². The lowest BCUT2D eigenvalue weighted by atomic mass is 10.00. The summed E-state index contributed by atoms with van der Waals surface area (Å²) in [6.45, 7) is 3.13. The van der Waals surface area contributed by atoms with Crippen molar-refractivity contribution in [1.29, 1.82) is 0 Å². The number of benzene rings is 1. The van der Waals surface area contributed by atoms with E-state index in [0.717, 1.165) is 24.9 Å². The Morgan fingerprint density at radius 2 is 2.05 bits per heavy atom. The van der Waals surface area contributed by atoms with Crippen LogP contribution in [0.25, 0.3) is 10.2 Å². The summed E-state index contributed by atoms with van der Waals surface area (Å²) in [5.74, 6) is 0. The molecule has 3 aromatic rings. The molecule has 108 valence electrons. The monoisotopic (exact) mass is 296 g/mol. The van der Waals surface area contributed by atoms with Crippen LogP contribution in [0.15, 0.2) is 54.0 Å². The van der Waals surface area contributed by atoms with Gasteiger partial charge in [-0.2, -0.15) is 0 Å². The molecular formula is C18H20N2S. The Labute approximate surface area is 129 Å². The molecule has 21 heavy (non-hydrogen) atoms. The van der Waals surface area contributed by atoms with E-state index in [1.807, 2.05) is 6.20 Å². The minimum Gasteiger partial charge on any atom is -0.310 e. The average Bonchev–Trinajstić information content (AvgIpc) is 3.00. The Bertz CT molecular complexity index is 691. The zero-order chi connectivity index (χ0) is 14.5. The number of hydrogen-bond acceptors (Lipinski definition) is 3. The zero-order valence-corrected chi connectivity index (χ0v) is 13.1. The van der Waals surface area contributed by atoms with Crippen LogP contribution in [0.1, 0.15) is 30.5 Å². The van der Waals surface area contributed by atoms with Crippen molar-refractivity contribution < 1.29 is 0 Å². The molecule has 1 aromatic carbocycles. The van der Waals surface area contributed by atoms with Gasteiger partial charge in [-0.1, -0.05) is 37.3 Å². The first kappa shape index (κ1) is 14.2. The second kappa shape index (κ2) is 6.83. The van der Waals surface area contributed by atoms with Gasteiger partial charge in [-0.25, -0.2) is 0 Å². The van der Waals surface area contributed by atoms with Crippen LogP contribution in [0.5, 0.6) is 0 Å². The second-order valence-electron chi connectivity index (χ2n) is 5.21. The molecule has 0 aliphatic rings. The molecule has 1 N–H and O–H groups in total. The van der Waals surface area contributed by atoms with E-state index < -0.39 is 0 Å². The lowest BCUT2D eigenvalue weighted by Crippen LogP contribution is -2.21. The maximum Gasteiger partial charge on any atom is 0.0809 e. The van der Waals surface area contributed by atoms with Gasteiger partial charge in [-0.15, -0.1) is 11.3 Å². The van der Waals surface area contributed by atoms with Gasteiger partial charge < -0.3 is 5.32 Å². The fourth-order valence-corrected chi connectivity index (χ4v) is 3.43. The number of thiophene rings is 1. The van der Waals surface area contributed by atoms with E-state index in [0.29, 0.717) is 6.04 Å². The fourth-order valence-electron chi connectivity index (χ4n) is 2.64. The van der Waals surface area contributed by atoms with Crippen molar-refractivity contribution in [2.75, 3.05) is 6.54 Å². The van der Waals surface area contributed by atoms with Gasteiger partial charge in [0.2, 0.25) is 0 Å². The first-order valence-electron chi connectivity index (χ1n) is 7.47. The summed E-state index contributed by atoms with van der Waals surface area (Å²) in [5, 5.41) is 5.70. The Hall–Kier alpha value is -1.71. The number of aromatic nitrogens is 1. The van der Waals surface area contributed by atoms with Crippen LogP contribution in [0.4, 0.5) is 0 Å². The van der Waals surface area contributed by atoms with Gasteiger partial charge in [-0.3, -0.25) is 4.98 Å². The van der Waals surface area contributed by atoms with Crippen molar-refractivity contribution in [3.8, 4) is 0 Å². The smallest absolute Gasteiger partial charge is 0.0809 e. The van der Waals surface area contributed by atoms with Gasteiger partial charge in [0.25, 0.3) is 0 Å². The van der Waals surface area contributed by atoms with Crippen LogP contribution in [0, 0.1) is 0 Å². The van der Waals surface area contributed by atoms with Gasteiger partial charge in [0.15, 0.2) is 0 Å². The fraction of sp³-hybridized carbons (Fsp3) is 0.278. The maximum absolute atomic E-state index is 4.57. The highest BCUT2D eigenvalue weighted by Gasteiger charge is 2.12. The van der Waals surface area contributed by atoms with Crippen LogP contribution >= 0.6 is 11.3 Å². The van der Waals surface area contributed by atoms with Crippen LogP contribution in [-0.2, 0) is 6.42 Å². The summed E-state index contributed by atoms with van der Waals surface area (Å²) in [7, 11) is 0. The van der Waals surface area contributed by atoms with Crippen LogP contribution < -0.4 is 5.32 Å². The molecule has 2 nitrogen and oxygen atoms in total. The third kappa shape index (κ3) is 3.49. The van der Waals surface area contributed by atoms with E-state index in [1.165, 1.54) is 15.8 Å². The number of nitrogens with one attached hydrogen (secondary N) is 1. The highest BCUT2D eigenvalue weighted by molar-refractivity contribution is 7.17. The van der Waals surface area contributed by atoms with E-state index in [1.54, 1.807) is 11.3 Å². The molecule has 3 heteroatoms. The molecule has 2 aromatic heterocycles. The minimum atomic E-state index is 0.370. The molecule has 0 amide bonds. The molecule has 1 atom stereocenters. The molecule has 3 rings (SSSR count). The first-order valence-corrected chi connectivity index (χ1v) is 8.35. The number of rotatable bonds is 6. The van der Waals surface area contributed by atoms with Crippen molar-refractivity contribution in [1.82, 2.24) is 10.3 Å². The van der Waals surface area contributed by atoms with Crippen LogP contribution in [0.2, 0.25) is 0 Å². The summed E-state index contributed by atoms with van der Waals surface area (Å²) in [6, 6.07) is 15.4. The lowest BCUT2D eigenvalue weighted by Gasteiger charge is -2.18. The molecular weight excluding hydrogens is 276 g/mol. The molecule has 2 heterocycles. The van der Waals surface area contributed by atoms with Crippen LogP contribution in [0.3, 0.4) is 0 Å². The number of fused-ring (bicyclic) bond motifs is 1. The SMILES string of the molecule is CCNC(CCc1ccccc1)c1cnc2ccsc2c1. The van der Waals surface area contributed by atoms with E-state index in [2.05, 4.69) is 65.1 Å². The molecule has 0 saturated carbocycles. The van der Waals surface area contributed by atoms with Crippen molar-refractivity contribution in [3.63, 3.8) is 0 Å². The Morgan fingerprint density at radius 3 is 2.86 bits per heavy atom. The summed E-state index contributed by atoms with van der Waals surface area (Å²) in [4.78, 5) is 4.57. The van der Waals surface area contributed by atoms with E-state index in [4.69, 9.17) is 0 Å². The minimum absolute atomic E-state index is 0.370. The predicted molar refractivity (Wildman–Crippen MR) is 90.8 cm³/mol. The number of nitrogens with zero attached hydrogens (tertiary/aromatic N) is 1. The number of pyridine rings is 1. The standard InChI is InChI=1S/C18H20N2S/c1-2-19-16(9-8-14-6-4-3-5-7-14)15-12-18-17(20-13-15)10-11-21-18/h3-7,10-13,16,19H,2,8-9H2,1H3. The highest BCUT2D eigenvalue weighted by Crippen LogP contribution is 2.25. The largest absolute Gasteiger partial charge is 0.310 e. The van der Waals surface area contributed by atoms with Gasteiger partial charge in [0.05, 0.1) is 10.2 Å². The van der Waals surface area contributed by atoms with Gasteiger partial charge in [0.1, 0.15) is 0 Å². The van der Waals surface area contributed by atoms with Crippen molar-refractivity contribution >= 4 is 21.6 Å². The number of aryl methyl sites for hydroxylation is 1. The molecule has 0 spiro atoms. The maximum atomic E-state index is 4.57. The molecule has 0 saturated heterocycles. The van der Waals surface area contributed by atoms with Gasteiger partial charge in [-0.05, 0) is 48.0 Å². The first-order chi connectivity index (χ1) is 10.4. The quantitative estimate of drug-likeness (QED) is 0.720. The van der Waals surface area contributed by atoms with E-state index in [-0.39, 0.29) is 0 Å². The summed E-state index contributed by atoms with van der Waals surface area (Å²) in [5.41, 5.74) is 3.79. The van der Waals surface area contributed by atoms with Gasteiger partial charge >= 0.3 is 0 Å². The Morgan fingerprint density at radius 1 is 1.19 bits per heavy atom. The third-order valence-corrected chi connectivity index (χ3v) is 4.59. The molecule has 1 unspecified atom stereocenters.